The van der Waals surface area contributed by atoms with Crippen molar-refractivity contribution in [1.29, 1.82) is 5.26 Å². The summed E-state index contributed by atoms with van der Waals surface area (Å²) in [5, 5.41) is 9.07. The van der Waals surface area contributed by atoms with Gasteiger partial charge in [0, 0.05) is 38.9 Å². The third kappa shape index (κ3) is 4.00. The Morgan fingerprint density at radius 1 is 1.11 bits per heavy atom. The SMILES string of the molecule is N#Cc1ccnc(N2CCN(C(=O)C3CCCN3Cc3ccccc3)CC2)c1. The fourth-order valence-electron chi connectivity index (χ4n) is 4.14. The number of anilines is 1. The lowest BCUT2D eigenvalue weighted by Crippen LogP contribution is -2.53. The van der Waals surface area contributed by atoms with Crippen LogP contribution >= 0.6 is 0 Å². The molecule has 28 heavy (non-hydrogen) atoms. The largest absolute Gasteiger partial charge is 0.353 e. The highest BCUT2D eigenvalue weighted by molar-refractivity contribution is 5.82. The lowest BCUT2D eigenvalue weighted by molar-refractivity contribution is -0.136. The number of carbonyl (C=O) groups is 1. The van der Waals surface area contributed by atoms with Gasteiger partial charge in [-0.3, -0.25) is 9.69 Å². The molecule has 2 fully saturated rings. The van der Waals surface area contributed by atoms with Crippen molar-refractivity contribution in [3.05, 3.63) is 59.8 Å². The molecule has 0 saturated carbocycles. The molecule has 1 unspecified atom stereocenters. The zero-order chi connectivity index (χ0) is 19.3. The lowest BCUT2D eigenvalue weighted by atomic mass is 10.1. The predicted molar refractivity (Wildman–Crippen MR) is 108 cm³/mol. The zero-order valence-electron chi connectivity index (χ0n) is 16.0. The summed E-state index contributed by atoms with van der Waals surface area (Å²) in [5.74, 6) is 1.07. The molecular weight excluding hydrogens is 350 g/mol. The predicted octanol–water partition coefficient (Wildman–Crippen LogP) is 2.27. The van der Waals surface area contributed by atoms with Crippen molar-refractivity contribution < 1.29 is 4.79 Å². The van der Waals surface area contributed by atoms with Gasteiger partial charge in [0.2, 0.25) is 5.91 Å². The van der Waals surface area contributed by atoms with Crippen LogP contribution < -0.4 is 4.90 Å². The van der Waals surface area contributed by atoms with Crippen molar-refractivity contribution in [3.63, 3.8) is 0 Å². The maximum absolute atomic E-state index is 13.2. The van der Waals surface area contributed by atoms with Crippen LogP contribution in [0.2, 0.25) is 0 Å². The molecule has 0 radical (unpaired) electrons. The Morgan fingerprint density at radius 3 is 2.64 bits per heavy atom. The van der Waals surface area contributed by atoms with Crippen molar-refractivity contribution in [2.45, 2.75) is 25.4 Å². The molecule has 2 aliphatic rings. The second kappa shape index (κ2) is 8.41. The van der Waals surface area contributed by atoms with Crippen LogP contribution in [0.5, 0.6) is 0 Å². The van der Waals surface area contributed by atoms with Crippen LogP contribution in [-0.4, -0.2) is 59.5 Å². The number of hydrogen-bond donors (Lipinski definition) is 0. The number of likely N-dealkylation sites (tertiary alicyclic amines) is 1. The number of hydrogen-bond acceptors (Lipinski definition) is 5. The molecule has 1 aromatic heterocycles. The van der Waals surface area contributed by atoms with Gasteiger partial charge in [0.05, 0.1) is 17.7 Å². The fourth-order valence-corrected chi connectivity index (χ4v) is 4.14. The van der Waals surface area contributed by atoms with Crippen molar-refractivity contribution in [1.82, 2.24) is 14.8 Å². The maximum Gasteiger partial charge on any atom is 0.240 e. The van der Waals surface area contributed by atoms with Crippen LogP contribution in [0, 0.1) is 11.3 Å². The van der Waals surface area contributed by atoms with E-state index in [9.17, 15) is 4.79 Å². The average molecular weight is 375 g/mol. The second-order valence-electron chi connectivity index (χ2n) is 7.44. The highest BCUT2D eigenvalue weighted by Crippen LogP contribution is 2.23. The molecule has 0 aliphatic carbocycles. The van der Waals surface area contributed by atoms with Gasteiger partial charge in [-0.2, -0.15) is 5.26 Å². The number of nitriles is 1. The summed E-state index contributed by atoms with van der Waals surface area (Å²) < 4.78 is 0. The number of pyridine rings is 1. The molecule has 1 aromatic carbocycles. The number of amides is 1. The van der Waals surface area contributed by atoms with E-state index in [2.05, 4.69) is 45.1 Å². The van der Waals surface area contributed by atoms with Crippen LogP contribution in [-0.2, 0) is 11.3 Å². The number of aromatic nitrogens is 1. The molecule has 6 nitrogen and oxygen atoms in total. The Kier molecular flexibility index (Phi) is 5.54. The first-order valence-corrected chi connectivity index (χ1v) is 9.92. The molecular formula is C22H25N5O. The maximum atomic E-state index is 13.2. The van der Waals surface area contributed by atoms with Gasteiger partial charge in [0.25, 0.3) is 0 Å². The van der Waals surface area contributed by atoms with Crippen LogP contribution in [0.3, 0.4) is 0 Å². The van der Waals surface area contributed by atoms with Crippen molar-refractivity contribution >= 4 is 11.7 Å². The van der Waals surface area contributed by atoms with E-state index in [1.54, 1.807) is 12.3 Å². The molecule has 1 amide bonds. The fraction of sp³-hybridized carbons (Fsp3) is 0.409. The van der Waals surface area contributed by atoms with E-state index >= 15 is 0 Å². The zero-order valence-corrected chi connectivity index (χ0v) is 16.0. The van der Waals surface area contributed by atoms with E-state index in [1.165, 1.54) is 5.56 Å². The Bertz CT molecular complexity index is 855. The molecule has 2 aliphatic heterocycles. The minimum atomic E-state index is -0.00759. The number of benzene rings is 1. The summed E-state index contributed by atoms with van der Waals surface area (Å²) in [6, 6.07) is 16.1. The van der Waals surface area contributed by atoms with Gasteiger partial charge in [-0.25, -0.2) is 4.98 Å². The molecule has 1 atom stereocenters. The molecule has 0 spiro atoms. The topological polar surface area (TPSA) is 63.5 Å². The first-order chi connectivity index (χ1) is 13.7. The van der Waals surface area contributed by atoms with Gasteiger partial charge in [0.1, 0.15) is 5.82 Å². The highest BCUT2D eigenvalue weighted by atomic mass is 16.2. The lowest BCUT2D eigenvalue weighted by Gasteiger charge is -2.38. The number of carbonyl (C=O) groups excluding carboxylic acids is 1. The molecule has 2 aromatic rings. The minimum Gasteiger partial charge on any atom is -0.353 e. The second-order valence-corrected chi connectivity index (χ2v) is 7.44. The summed E-state index contributed by atoms with van der Waals surface area (Å²) in [6.45, 7) is 4.72. The summed E-state index contributed by atoms with van der Waals surface area (Å²) in [7, 11) is 0. The number of nitrogens with zero attached hydrogens (tertiary/aromatic N) is 5. The van der Waals surface area contributed by atoms with Gasteiger partial charge in [-0.15, -0.1) is 0 Å². The highest BCUT2D eigenvalue weighted by Gasteiger charge is 2.34. The van der Waals surface area contributed by atoms with Gasteiger partial charge in [-0.1, -0.05) is 30.3 Å². The van der Waals surface area contributed by atoms with Crippen LogP contribution in [0.15, 0.2) is 48.7 Å². The van der Waals surface area contributed by atoms with Crippen LogP contribution in [0.1, 0.15) is 24.0 Å². The van der Waals surface area contributed by atoms with E-state index in [4.69, 9.17) is 5.26 Å². The molecule has 2 saturated heterocycles. The van der Waals surface area contributed by atoms with E-state index in [0.717, 1.165) is 44.8 Å². The van der Waals surface area contributed by atoms with Crippen LogP contribution in [0.25, 0.3) is 0 Å². The Labute approximate surface area is 166 Å². The van der Waals surface area contributed by atoms with E-state index in [1.807, 2.05) is 17.0 Å². The van der Waals surface area contributed by atoms with E-state index < -0.39 is 0 Å². The normalized spacial score (nSPS) is 20.2. The molecule has 3 heterocycles. The van der Waals surface area contributed by atoms with Crippen molar-refractivity contribution in [3.8, 4) is 6.07 Å². The standard InChI is InChI=1S/C22H25N5O/c23-16-19-8-9-24-21(15-19)25-11-13-26(14-12-25)22(28)20-7-4-10-27(20)17-18-5-2-1-3-6-18/h1-3,5-6,8-9,15,20H,4,7,10-14,17H2. The van der Waals surface area contributed by atoms with Gasteiger partial charge in [-0.05, 0) is 37.1 Å². The van der Waals surface area contributed by atoms with Gasteiger partial charge in [0.15, 0.2) is 0 Å². The minimum absolute atomic E-state index is 0.00759. The number of piperazine rings is 1. The van der Waals surface area contributed by atoms with E-state index in [0.29, 0.717) is 18.7 Å². The Balaban J connectivity index is 1.36. The summed E-state index contributed by atoms with van der Waals surface area (Å²) in [4.78, 5) is 24.0. The Morgan fingerprint density at radius 2 is 1.89 bits per heavy atom. The molecule has 4 rings (SSSR count). The van der Waals surface area contributed by atoms with Crippen LogP contribution in [0.4, 0.5) is 5.82 Å². The monoisotopic (exact) mass is 375 g/mol. The average Bonchev–Trinajstić information content (AvgIpc) is 3.22. The summed E-state index contributed by atoms with van der Waals surface area (Å²) in [6.07, 6.45) is 3.69. The Hall–Kier alpha value is -2.91. The summed E-state index contributed by atoms with van der Waals surface area (Å²) >= 11 is 0. The molecule has 6 heteroatoms. The van der Waals surface area contributed by atoms with Crippen molar-refractivity contribution in [2.24, 2.45) is 0 Å². The first-order valence-electron chi connectivity index (χ1n) is 9.92. The smallest absolute Gasteiger partial charge is 0.240 e. The molecule has 0 N–H and O–H groups in total. The van der Waals surface area contributed by atoms with Gasteiger partial charge >= 0.3 is 0 Å². The third-order valence-corrected chi connectivity index (χ3v) is 5.67. The first kappa shape index (κ1) is 18.5. The van der Waals surface area contributed by atoms with Crippen molar-refractivity contribution in [2.75, 3.05) is 37.6 Å². The summed E-state index contributed by atoms with van der Waals surface area (Å²) in [5.41, 5.74) is 1.88. The quantitative estimate of drug-likeness (QED) is 0.820. The van der Waals surface area contributed by atoms with E-state index in [-0.39, 0.29) is 11.9 Å². The third-order valence-electron chi connectivity index (χ3n) is 5.67. The molecule has 144 valence electrons. The number of rotatable bonds is 4. The van der Waals surface area contributed by atoms with Gasteiger partial charge < -0.3 is 9.80 Å². The molecule has 0 bridgehead atoms.